The van der Waals surface area contributed by atoms with Crippen molar-refractivity contribution in [2.75, 3.05) is 6.61 Å². The molecular formula is C19H18N2O3. The van der Waals surface area contributed by atoms with Gasteiger partial charge in [-0.2, -0.15) is 5.10 Å². The maximum atomic E-state index is 12.9. The number of benzene rings is 2. The molecule has 1 aliphatic rings. The van der Waals surface area contributed by atoms with Gasteiger partial charge in [0, 0.05) is 5.56 Å². The third kappa shape index (κ3) is 3.06. The number of carbonyl (C=O) groups is 2. The molecule has 1 heterocycles. The second kappa shape index (κ2) is 7.08. The SMILES string of the molecule is CCOC(=O)C1=NN[C@@H](C(=O)c2ccccc2)[C@@H]1c1ccccc1. The molecule has 0 bridgehead atoms. The highest BCUT2D eigenvalue weighted by molar-refractivity contribution is 6.40. The Morgan fingerprint density at radius 2 is 1.67 bits per heavy atom. The van der Waals surface area contributed by atoms with Gasteiger partial charge in [0.1, 0.15) is 6.04 Å². The fourth-order valence-corrected chi connectivity index (χ4v) is 2.82. The first kappa shape index (κ1) is 15.9. The normalized spacial score (nSPS) is 19.3. The number of hydrogen-bond acceptors (Lipinski definition) is 5. The lowest BCUT2D eigenvalue weighted by Crippen LogP contribution is -2.37. The van der Waals surface area contributed by atoms with Crippen LogP contribution in [0.25, 0.3) is 0 Å². The highest BCUT2D eigenvalue weighted by Gasteiger charge is 2.41. The van der Waals surface area contributed by atoms with Crippen molar-refractivity contribution in [1.29, 1.82) is 0 Å². The minimum absolute atomic E-state index is 0.104. The van der Waals surface area contributed by atoms with Gasteiger partial charge >= 0.3 is 5.97 Å². The molecular weight excluding hydrogens is 304 g/mol. The summed E-state index contributed by atoms with van der Waals surface area (Å²) >= 11 is 0. The summed E-state index contributed by atoms with van der Waals surface area (Å²) in [7, 11) is 0. The van der Waals surface area contributed by atoms with Crippen molar-refractivity contribution >= 4 is 17.5 Å². The zero-order valence-electron chi connectivity index (χ0n) is 13.3. The summed E-state index contributed by atoms with van der Waals surface area (Å²) in [5.74, 6) is -1.08. The Hall–Kier alpha value is -2.95. The molecule has 0 aromatic heterocycles. The fraction of sp³-hybridized carbons (Fsp3) is 0.211. The van der Waals surface area contributed by atoms with Crippen LogP contribution in [0, 0.1) is 0 Å². The molecule has 0 aliphatic carbocycles. The standard InChI is InChI=1S/C19H18N2O3/c1-2-24-19(23)17-15(13-9-5-3-6-10-13)16(20-21-17)18(22)14-11-7-4-8-12-14/h3-12,15-16,20H,2H2,1H3/t15-,16+/m0/s1. The Morgan fingerprint density at radius 1 is 1.04 bits per heavy atom. The molecule has 0 radical (unpaired) electrons. The molecule has 0 spiro atoms. The van der Waals surface area contributed by atoms with Gasteiger partial charge in [-0.1, -0.05) is 60.7 Å². The van der Waals surface area contributed by atoms with Crippen molar-refractivity contribution < 1.29 is 14.3 Å². The number of ketones is 1. The summed E-state index contributed by atoms with van der Waals surface area (Å²) in [5.41, 5.74) is 4.49. The second-order valence-electron chi connectivity index (χ2n) is 5.44. The lowest BCUT2D eigenvalue weighted by Gasteiger charge is -2.19. The van der Waals surface area contributed by atoms with Crippen LogP contribution in [0.5, 0.6) is 0 Å². The van der Waals surface area contributed by atoms with Crippen LogP contribution in [0.15, 0.2) is 65.8 Å². The third-order valence-corrected chi connectivity index (χ3v) is 3.94. The molecule has 5 nitrogen and oxygen atoms in total. The number of rotatable bonds is 5. The molecule has 2 aromatic carbocycles. The number of nitrogens with one attached hydrogen (secondary N) is 1. The zero-order chi connectivity index (χ0) is 16.9. The summed E-state index contributed by atoms with van der Waals surface area (Å²) in [5, 5.41) is 4.11. The van der Waals surface area contributed by atoms with E-state index in [-0.39, 0.29) is 18.1 Å². The van der Waals surface area contributed by atoms with Crippen LogP contribution in [0.2, 0.25) is 0 Å². The van der Waals surface area contributed by atoms with Gasteiger partial charge < -0.3 is 4.74 Å². The number of esters is 1. The second-order valence-corrected chi connectivity index (χ2v) is 5.44. The first-order valence-corrected chi connectivity index (χ1v) is 7.86. The van der Waals surface area contributed by atoms with Gasteiger partial charge in [0.05, 0.1) is 12.5 Å². The van der Waals surface area contributed by atoms with Gasteiger partial charge in [0.2, 0.25) is 0 Å². The summed E-state index contributed by atoms with van der Waals surface area (Å²) < 4.78 is 5.09. The van der Waals surface area contributed by atoms with Gasteiger partial charge in [0.15, 0.2) is 11.5 Å². The van der Waals surface area contributed by atoms with Crippen molar-refractivity contribution in [3.8, 4) is 0 Å². The van der Waals surface area contributed by atoms with Crippen molar-refractivity contribution in [3.63, 3.8) is 0 Å². The number of carbonyl (C=O) groups excluding carboxylic acids is 2. The molecule has 2 atom stereocenters. The minimum Gasteiger partial charge on any atom is -0.461 e. The van der Waals surface area contributed by atoms with E-state index in [1.165, 1.54) is 0 Å². The summed E-state index contributed by atoms with van der Waals surface area (Å²) in [6.45, 7) is 2.00. The van der Waals surface area contributed by atoms with Crippen LogP contribution in [0.1, 0.15) is 28.8 Å². The molecule has 2 aromatic rings. The number of hydrazone groups is 1. The lowest BCUT2D eigenvalue weighted by molar-refractivity contribution is -0.135. The Morgan fingerprint density at radius 3 is 2.29 bits per heavy atom. The average Bonchev–Trinajstić information content (AvgIpc) is 3.08. The van der Waals surface area contributed by atoms with E-state index >= 15 is 0 Å². The van der Waals surface area contributed by atoms with E-state index in [2.05, 4.69) is 10.5 Å². The van der Waals surface area contributed by atoms with E-state index in [1.807, 2.05) is 48.5 Å². The van der Waals surface area contributed by atoms with Crippen molar-refractivity contribution in [2.45, 2.75) is 18.9 Å². The van der Waals surface area contributed by atoms with E-state index < -0.39 is 17.9 Å². The smallest absolute Gasteiger partial charge is 0.355 e. The zero-order valence-corrected chi connectivity index (χ0v) is 13.3. The van der Waals surface area contributed by atoms with E-state index in [0.29, 0.717) is 5.56 Å². The number of nitrogens with zero attached hydrogens (tertiary/aromatic N) is 1. The predicted octanol–water partition coefficient (Wildman–Crippen LogP) is 2.54. The summed E-state index contributed by atoms with van der Waals surface area (Å²) in [4.78, 5) is 25.1. The Bertz CT molecular complexity index is 757. The van der Waals surface area contributed by atoms with E-state index in [1.54, 1.807) is 19.1 Å². The highest BCUT2D eigenvalue weighted by Crippen LogP contribution is 2.28. The van der Waals surface area contributed by atoms with Crippen LogP contribution in [0.4, 0.5) is 0 Å². The van der Waals surface area contributed by atoms with Crippen LogP contribution >= 0.6 is 0 Å². The lowest BCUT2D eigenvalue weighted by atomic mass is 9.84. The van der Waals surface area contributed by atoms with Gasteiger partial charge in [-0.3, -0.25) is 10.2 Å². The van der Waals surface area contributed by atoms with Crippen LogP contribution in [-0.4, -0.2) is 30.1 Å². The number of ether oxygens (including phenoxy) is 1. The largest absolute Gasteiger partial charge is 0.461 e. The molecule has 1 N–H and O–H groups in total. The van der Waals surface area contributed by atoms with Gasteiger partial charge in [-0.25, -0.2) is 4.79 Å². The molecule has 3 rings (SSSR count). The molecule has 5 heteroatoms. The van der Waals surface area contributed by atoms with Crippen molar-refractivity contribution in [1.82, 2.24) is 5.43 Å². The predicted molar refractivity (Wildman–Crippen MR) is 90.9 cm³/mol. The quantitative estimate of drug-likeness (QED) is 0.678. The first-order valence-electron chi connectivity index (χ1n) is 7.86. The van der Waals surface area contributed by atoms with Crippen LogP contribution < -0.4 is 5.43 Å². The summed E-state index contributed by atoms with van der Waals surface area (Å²) in [6, 6.07) is 17.8. The first-order chi connectivity index (χ1) is 11.7. The Balaban J connectivity index is 1.95. The minimum atomic E-state index is -0.630. The van der Waals surface area contributed by atoms with Gasteiger partial charge in [-0.15, -0.1) is 0 Å². The Kier molecular flexibility index (Phi) is 4.70. The molecule has 122 valence electrons. The van der Waals surface area contributed by atoms with Gasteiger partial charge in [-0.05, 0) is 12.5 Å². The van der Waals surface area contributed by atoms with Crippen LogP contribution in [0.3, 0.4) is 0 Å². The maximum absolute atomic E-state index is 12.9. The fourth-order valence-electron chi connectivity index (χ4n) is 2.82. The van der Waals surface area contributed by atoms with E-state index in [4.69, 9.17) is 4.74 Å². The molecule has 1 aliphatic heterocycles. The van der Waals surface area contributed by atoms with Crippen molar-refractivity contribution in [2.24, 2.45) is 5.10 Å². The van der Waals surface area contributed by atoms with E-state index in [9.17, 15) is 9.59 Å². The molecule has 0 fully saturated rings. The topological polar surface area (TPSA) is 67.8 Å². The number of Topliss-reactive ketones (excluding diaryl/α,β-unsaturated/α-hetero) is 1. The Labute approximate surface area is 140 Å². The van der Waals surface area contributed by atoms with E-state index in [0.717, 1.165) is 5.56 Å². The number of hydrogen-bond donors (Lipinski definition) is 1. The molecule has 24 heavy (non-hydrogen) atoms. The molecule has 0 unspecified atom stereocenters. The highest BCUT2D eigenvalue weighted by atomic mass is 16.5. The molecule has 0 saturated heterocycles. The molecule has 0 saturated carbocycles. The monoisotopic (exact) mass is 322 g/mol. The van der Waals surface area contributed by atoms with Crippen molar-refractivity contribution in [3.05, 3.63) is 71.8 Å². The van der Waals surface area contributed by atoms with Crippen LogP contribution in [-0.2, 0) is 9.53 Å². The maximum Gasteiger partial charge on any atom is 0.355 e. The van der Waals surface area contributed by atoms with Gasteiger partial charge in [0.25, 0.3) is 0 Å². The average molecular weight is 322 g/mol. The summed E-state index contributed by atoms with van der Waals surface area (Å²) in [6.07, 6.45) is 0. The third-order valence-electron chi connectivity index (χ3n) is 3.94. The molecule has 0 amide bonds.